The fourth-order valence-electron chi connectivity index (χ4n) is 4.31. The second-order valence-corrected chi connectivity index (χ2v) is 10.8. The molecule has 0 aliphatic rings. The summed E-state index contributed by atoms with van der Waals surface area (Å²) in [6, 6.07) is 23.6. The topological polar surface area (TPSA) is 122 Å². The molecule has 0 fully saturated rings. The predicted molar refractivity (Wildman–Crippen MR) is 166 cm³/mol. The number of aromatic nitrogens is 3. The molecule has 0 radical (unpaired) electrons. The van der Waals surface area contributed by atoms with Crippen molar-refractivity contribution in [3.63, 3.8) is 0 Å². The van der Waals surface area contributed by atoms with Crippen molar-refractivity contribution in [3.05, 3.63) is 96.3 Å². The summed E-state index contributed by atoms with van der Waals surface area (Å²) in [7, 11) is 1.53. The van der Waals surface area contributed by atoms with Crippen LogP contribution in [0.3, 0.4) is 0 Å². The molecule has 0 bridgehead atoms. The van der Waals surface area contributed by atoms with Crippen LogP contribution in [0.1, 0.15) is 32.0 Å². The van der Waals surface area contributed by atoms with Crippen molar-refractivity contribution >= 4 is 40.2 Å². The Morgan fingerprint density at radius 3 is 2.29 bits per heavy atom. The zero-order valence-electron chi connectivity index (χ0n) is 24.1. The number of pyridine rings is 1. The Morgan fingerprint density at radius 1 is 0.833 bits per heavy atom. The summed E-state index contributed by atoms with van der Waals surface area (Å²) < 4.78 is 7.91. The minimum Gasteiger partial charge on any atom is -0.457 e. The van der Waals surface area contributed by atoms with Gasteiger partial charge in [-0.1, -0.05) is 62.7 Å². The van der Waals surface area contributed by atoms with E-state index in [1.165, 1.54) is 7.05 Å². The van der Waals surface area contributed by atoms with Crippen molar-refractivity contribution in [1.82, 2.24) is 20.1 Å². The molecule has 3 aromatic carbocycles. The van der Waals surface area contributed by atoms with Crippen LogP contribution in [0.4, 0.5) is 26.9 Å². The smallest absolute Gasteiger partial charge is 0.324 e. The third-order valence-corrected chi connectivity index (χ3v) is 6.56. The van der Waals surface area contributed by atoms with Crippen molar-refractivity contribution in [2.75, 3.05) is 23.0 Å². The first-order valence-corrected chi connectivity index (χ1v) is 13.5. The highest BCUT2D eigenvalue weighted by Crippen LogP contribution is 2.35. The van der Waals surface area contributed by atoms with E-state index in [1.54, 1.807) is 35.1 Å². The number of hydrogen-bond donors (Lipinski definition) is 4. The number of amides is 4. The van der Waals surface area contributed by atoms with Crippen molar-refractivity contribution in [3.8, 4) is 17.2 Å². The van der Waals surface area contributed by atoms with Crippen molar-refractivity contribution < 1.29 is 14.3 Å². The number of rotatable bonds is 6. The van der Waals surface area contributed by atoms with E-state index in [-0.39, 0.29) is 11.4 Å². The number of carbonyl (C=O) groups is 2. The molecule has 10 heteroatoms. The fourth-order valence-corrected chi connectivity index (χ4v) is 4.31. The van der Waals surface area contributed by atoms with Crippen LogP contribution in [-0.2, 0) is 5.41 Å². The van der Waals surface area contributed by atoms with E-state index in [9.17, 15) is 9.59 Å². The number of anilines is 3. The Hall–Kier alpha value is -5.38. The quantitative estimate of drug-likeness (QED) is 0.174. The lowest BCUT2D eigenvalue weighted by Gasteiger charge is -2.14. The van der Waals surface area contributed by atoms with Gasteiger partial charge in [-0.25, -0.2) is 19.3 Å². The summed E-state index contributed by atoms with van der Waals surface area (Å²) in [5.41, 5.74) is 3.25. The average molecular weight is 564 g/mol. The van der Waals surface area contributed by atoms with E-state index < -0.39 is 6.03 Å². The number of nitrogens with zero attached hydrogens (tertiary/aromatic N) is 3. The first-order chi connectivity index (χ1) is 20.1. The summed E-state index contributed by atoms with van der Waals surface area (Å²) in [5.74, 6) is 2.00. The van der Waals surface area contributed by atoms with E-state index in [0.717, 1.165) is 27.7 Å². The number of urea groups is 2. The first-order valence-electron chi connectivity index (χ1n) is 13.5. The zero-order valence-corrected chi connectivity index (χ0v) is 24.1. The summed E-state index contributed by atoms with van der Waals surface area (Å²) in [6.07, 6.45) is 1.55. The predicted octanol–water partition coefficient (Wildman–Crippen LogP) is 7.21. The normalized spacial score (nSPS) is 11.2. The number of aryl methyl sites for hydroxylation is 1. The monoisotopic (exact) mass is 563 g/mol. The second kappa shape index (κ2) is 11.6. The van der Waals surface area contributed by atoms with E-state index in [2.05, 4.69) is 47.0 Å². The minimum atomic E-state index is -0.401. The standard InChI is InChI=1S/C32H33N7O3/c1-20-10-12-21(13-11-20)39-29(19-27(38-39)32(2,3)4)37-31(41)35-25-14-15-26(24-9-7-6-8-23(24)25)42-22-16-17-34-28(18-22)36-30(40)33-5/h6-19H,1-5H3,(H2,35,37,41)(H2,33,34,36,40). The SMILES string of the molecule is CNC(=O)Nc1cc(Oc2ccc(NC(=O)Nc3cc(C(C)(C)C)nn3-c3ccc(C)cc3)c3ccccc23)ccn1. The summed E-state index contributed by atoms with van der Waals surface area (Å²) in [6.45, 7) is 8.28. The third kappa shape index (κ3) is 6.33. The molecule has 4 amide bonds. The van der Waals surface area contributed by atoms with Gasteiger partial charge in [-0.3, -0.25) is 10.6 Å². The fraction of sp³-hybridized carbons (Fsp3) is 0.188. The molecule has 0 unspecified atom stereocenters. The molecule has 2 aromatic heterocycles. The molecule has 5 aromatic rings. The van der Waals surface area contributed by atoms with Gasteiger partial charge < -0.3 is 15.4 Å². The molecule has 0 spiro atoms. The van der Waals surface area contributed by atoms with Crippen molar-refractivity contribution in [1.29, 1.82) is 0 Å². The van der Waals surface area contributed by atoms with Gasteiger partial charge in [0, 0.05) is 41.6 Å². The van der Waals surface area contributed by atoms with Gasteiger partial charge in [0.2, 0.25) is 0 Å². The molecule has 0 aliphatic carbocycles. The molecule has 5 rings (SSSR count). The highest BCUT2D eigenvalue weighted by molar-refractivity contribution is 6.07. The number of fused-ring (bicyclic) bond motifs is 1. The zero-order chi connectivity index (χ0) is 29.9. The van der Waals surface area contributed by atoms with Crippen LogP contribution in [0.5, 0.6) is 11.5 Å². The highest BCUT2D eigenvalue weighted by Gasteiger charge is 2.22. The molecule has 0 saturated heterocycles. The Labute approximate surface area is 244 Å². The van der Waals surface area contributed by atoms with Crippen LogP contribution < -0.4 is 26.0 Å². The minimum absolute atomic E-state index is 0.205. The number of nitrogens with one attached hydrogen (secondary N) is 4. The van der Waals surface area contributed by atoms with E-state index in [4.69, 9.17) is 9.84 Å². The second-order valence-electron chi connectivity index (χ2n) is 10.8. The molecule has 0 saturated carbocycles. The van der Waals surface area contributed by atoms with Crippen LogP contribution in [-0.4, -0.2) is 33.9 Å². The molecule has 0 aliphatic heterocycles. The number of ether oxygens (including phenoxy) is 1. The summed E-state index contributed by atoms with van der Waals surface area (Å²) in [4.78, 5) is 29.1. The highest BCUT2D eigenvalue weighted by atomic mass is 16.5. The van der Waals surface area contributed by atoms with Crippen molar-refractivity contribution in [2.45, 2.75) is 33.1 Å². The molecule has 4 N–H and O–H groups in total. The summed E-state index contributed by atoms with van der Waals surface area (Å²) >= 11 is 0. The Balaban J connectivity index is 1.40. The molecular weight excluding hydrogens is 530 g/mol. The van der Waals surface area contributed by atoms with Crippen molar-refractivity contribution in [2.24, 2.45) is 0 Å². The van der Waals surface area contributed by atoms with Crippen LogP contribution in [0.15, 0.2) is 85.1 Å². The lowest BCUT2D eigenvalue weighted by molar-refractivity contribution is 0.254. The summed E-state index contributed by atoms with van der Waals surface area (Å²) in [5, 5.41) is 17.5. The van der Waals surface area contributed by atoms with Crippen LogP contribution >= 0.6 is 0 Å². The van der Waals surface area contributed by atoms with Gasteiger partial charge in [0.1, 0.15) is 23.1 Å². The van der Waals surface area contributed by atoms with Gasteiger partial charge in [-0.2, -0.15) is 5.10 Å². The lowest BCUT2D eigenvalue weighted by Crippen LogP contribution is -2.24. The first kappa shape index (κ1) is 28.2. The van der Waals surface area contributed by atoms with E-state index in [1.807, 2.05) is 61.5 Å². The van der Waals surface area contributed by atoms with Gasteiger partial charge in [0.25, 0.3) is 0 Å². The maximum absolute atomic E-state index is 13.3. The molecular formula is C32H33N7O3. The molecule has 10 nitrogen and oxygen atoms in total. The van der Waals surface area contributed by atoms with Gasteiger partial charge in [0.15, 0.2) is 0 Å². The van der Waals surface area contributed by atoms with Crippen LogP contribution in [0.25, 0.3) is 16.5 Å². The number of benzene rings is 3. The molecule has 0 atom stereocenters. The van der Waals surface area contributed by atoms with Gasteiger partial charge in [-0.05, 0) is 37.3 Å². The van der Waals surface area contributed by atoms with Crippen LogP contribution in [0.2, 0.25) is 0 Å². The van der Waals surface area contributed by atoms with Gasteiger partial charge >= 0.3 is 12.1 Å². The lowest BCUT2D eigenvalue weighted by atomic mass is 9.92. The average Bonchev–Trinajstić information content (AvgIpc) is 3.39. The molecule has 2 heterocycles. The Morgan fingerprint density at radius 2 is 1.57 bits per heavy atom. The number of hydrogen-bond acceptors (Lipinski definition) is 5. The van der Waals surface area contributed by atoms with E-state index in [0.29, 0.717) is 28.8 Å². The third-order valence-electron chi connectivity index (χ3n) is 6.56. The van der Waals surface area contributed by atoms with Gasteiger partial charge in [0.05, 0.1) is 17.1 Å². The van der Waals surface area contributed by atoms with Gasteiger partial charge in [-0.15, -0.1) is 0 Å². The number of carbonyl (C=O) groups excluding carboxylic acids is 2. The van der Waals surface area contributed by atoms with Crippen LogP contribution in [0, 0.1) is 6.92 Å². The molecule has 214 valence electrons. The largest absolute Gasteiger partial charge is 0.457 e. The molecule has 42 heavy (non-hydrogen) atoms. The Kier molecular flexibility index (Phi) is 7.79. The van der Waals surface area contributed by atoms with E-state index >= 15 is 0 Å². The maximum atomic E-state index is 13.3. The maximum Gasteiger partial charge on any atom is 0.324 e. The Bertz CT molecular complexity index is 1750.